The first-order valence-electron chi connectivity index (χ1n) is 8.76. The Morgan fingerprint density at radius 2 is 2.19 bits per heavy atom. The van der Waals surface area contributed by atoms with E-state index in [2.05, 4.69) is 10.2 Å². The second kappa shape index (κ2) is 5.86. The van der Waals surface area contributed by atoms with Crippen LogP contribution in [-0.2, 0) is 11.2 Å². The maximum absolute atomic E-state index is 13.0. The third-order valence-corrected chi connectivity index (χ3v) is 5.70. The molecule has 0 bridgehead atoms. The molecule has 7 heteroatoms. The van der Waals surface area contributed by atoms with E-state index in [1.807, 2.05) is 38.1 Å². The van der Waals surface area contributed by atoms with E-state index in [4.69, 9.17) is 4.74 Å². The van der Waals surface area contributed by atoms with Gasteiger partial charge < -0.3 is 14.7 Å². The molecule has 0 aliphatic carbocycles. The van der Waals surface area contributed by atoms with Crippen molar-refractivity contribution in [1.29, 1.82) is 0 Å². The minimum absolute atomic E-state index is 0.0630. The molecule has 0 unspecified atom stereocenters. The number of hydrogen-bond donors (Lipinski definition) is 2. The molecule has 2 aliphatic rings. The highest BCUT2D eigenvalue weighted by Gasteiger charge is 2.57. The number of carbonyl (C=O) groups excluding carboxylic acids is 1. The van der Waals surface area contributed by atoms with E-state index >= 15 is 0 Å². The molecule has 1 saturated heterocycles. The Bertz CT molecular complexity index is 891. The van der Waals surface area contributed by atoms with Gasteiger partial charge in [-0.2, -0.15) is 5.10 Å². The van der Waals surface area contributed by atoms with Crippen LogP contribution in [0.15, 0.2) is 24.3 Å². The van der Waals surface area contributed by atoms with Crippen molar-refractivity contribution in [2.75, 3.05) is 19.7 Å². The molecule has 136 valence electrons. The lowest BCUT2D eigenvalue weighted by molar-refractivity contribution is -0.151. The molecule has 1 amide bonds. The van der Waals surface area contributed by atoms with Gasteiger partial charge in [-0.25, -0.2) is 0 Å². The minimum Gasteiger partial charge on any atom is -0.492 e. The summed E-state index contributed by atoms with van der Waals surface area (Å²) in [6, 6.07) is 7.47. The molecule has 0 saturated carbocycles. The van der Waals surface area contributed by atoms with Crippen LogP contribution in [-0.4, -0.2) is 51.8 Å². The predicted octanol–water partition coefficient (Wildman–Crippen LogP) is 1.98. The fourth-order valence-corrected chi connectivity index (χ4v) is 4.13. The van der Waals surface area contributed by atoms with Crippen molar-refractivity contribution >= 4 is 11.9 Å². The van der Waals surface area contributed by atoms with E-state index in [0.29, 0.717) is 18.0 Å². The SMILES string of the molecule is CCc1[nH]nc(C(=O)N2C[C@@H]3c4ccccc4OC[C@]3(C(=O)O)C2)c1C. The van der Waals surface area contributed by atoms with Crippen LogP contribution in [0, 0.1) is 12.3 Å². The third kappa shape index (κ3) is 2.23. The molecular formula is C19H21N3O4. The zero-order valence-corrected chi connectivity index (χ0v) is 14.8. The highest BCUT2D eigenvalue weighted by molar-refractivity contribution is 5.95. The molecule has 1 fully saturated rings. The number of fused-ring (bicyclic) bond motifs is 3. The number of aryl methyl sites for hydroxylation is 1. The highest BCUT2D eigenvalue weighted by Crippen LogP contribution is 2.49. The molecule has 1 aromatic carbocycles. The average Bonchev–Trinajstić information content (AvgIpc) is 3.22. The Labute approximate surface area is 151 Å². The molecular weight excluding hydrogens is 334 g/mol. The van der Waals surface area contributed by atoms with E-state index in [0.717, 1.165) is 23.2 Å². The molecule has 26 heavy (non-hydrogen) atoms. The van der Waals surface area contributed by atoms with Crippen LogP contribution in [0.2, 0.25) is 0 Å². The Balaban J connectivity index is 1.71. The molecule has 2 aliphatic heterocycles. The van der Waals surface area contributed by atoms with Gasteiger partial charge in [-0.3, -0.25) is 14.7 Å². The number of carbonyl (C=O) groups is 2. The minimum atomic E-state index is -1.12. The summed E-state index contributed by atoms with van der Waals surface area (Å²) in [4.78, 5) is 26.8. The number of nitrogens with zero attached hydrogens (tertiary/aromatic N) is 2. The summed E-state index contributed by atoms with van der Waals surface area (Å²) in [5.41, 5.74) is 1.85. The lowest BCUT2D eigenvalue weighted by atomic mass is 9.73. The summed E-state index contributed by atoms with van der Waals surface area (Å²) in [6.45, 7) is 4.39. The largest absolute Gasteiger partial charge is 0.492 e. The van der Waals surface area contributed by atoms with E-state index in [1.54, 1.807) is 4.90 Å². The van der Waals surface area contributed by atoms with Gasteiger partial charge in [-0.1, -0.05) is 25.1 Å². The van der Waals surface area contributed by atoms with Gasteiger partial charge in [0.15, 0.2) is 5.69 Å². The van der Waals surface area contributed by atoms with Crippen molar-refractivity contribution < 1.29 is 19.4 Å². The number of ether oxygens (including phenoxy) is 1. The van der Waals surface area contributed by atoms with Crippen LogP contribution < -0.4 is 4.74 Å². The Hall–Kier alpha value is -2.83. The van der Waals surface area contributed by atoms with Crippen LogP contribution in [0.4, 0.5) is 0 Å². The average molecular weight is 355 g/mol. The van der Waals surface area contributed by atoms with Crippen molar-refractivity contribution in [2.45, 2.75) is 26.2 Å². The first-order valence-corrected chi connectivity index (χ1v) is 8.76. The third-order valence-electron chi connectivity index (χ3n) is 5.70. The quantitative estimate of drug-likeness (QED) is 0.878. The molecule has 1 aromatic heterocycles. The molecule has 4 rings (SSSR count). The Kier molecular flexibility index (Phi) is 3.75. The van der Waals surface area contributed by atoms with Crippen molar-refractivity contribution in [1.82, 2.24) is 15.1 Å². The van der Waals surface area contributed by atoms with Gasteiger partial charge in [-0.05, 0) is 19.4 Å². The van der Waals surface area contributed by atoms with Crippen LogP contribution in [0.1, 0.15) is 40.2 Å². The van der Waals surface area contributed by atoms with Gasteiger partial charge >= 0.3 is 5.97 Å². The number of para-hydroxylation sites is 1. The monoisotopic (exact) mass is 355 g/mol. The number of benzene rings is 1. The summed E-state index contributed by atoms with van der Waals surface area (Å²) in [7, 11) is 0. The number of aliphatic carboxylic acids is 1. The normalized spacial score (nSPS) is 23.9. The number of amides is 1. The number of likely N-dealkylation sites (tertiary alicyclic amines) is 1. The maximum atomic E-state index is 13.0. The fraction of sp³-hybridized carbons (Fsp3) is 0.421. The zero-order chi connectivity index (χ0) is 18.5. The first kappa shape index (κ1) is 16.6. The second-order valence-corrected chi connectivity index (χ2v) is 7.06. The van der Waals surface area contributed by atoms with E-state index < -0.39 is 11.4 Å². The van der Waals surface area contributed by atoms with Gasteiger partial charge in [0.2, 0.25) is 0 Å². The number of carboxylic acids is 1. The maximum Gasteiger partial charge on any atom is 0.315 e. The van der Waals surface area contributed by atoms with Crippen molar-refractivity contribution in [3.8, 4) is 5.75 Å². The molecule has 2 N–H and O–H groups in total. The van der Waals surface area contributed by atoms with E-state index in [-0.39, 0.29) is 25.0 Å². The number of carboxylic acid groups (broad SMARTS) is 1. The summed E-state index contributed by atoms with van der Waals surface area (Å²) in [5, 5.41) is 17.0. The number of aromatic amines is 1. The van der Waals surface area contributed by atoms with Gasteiger partial charge in [0.05, 0.1) is 0 Å². The van der Waals surface area contributed by atoms with Crippen molar-refractivity contribution in [2.24, 2.45) is 5.41 Å². The van der Waals surface area contributed by atoms with Crippen molar-refractivity contribution in [3.05, 3.63) is 46.8 Å². The molecule has 2 atom stereocenters. The van der Waals surface area contributed by atoms with Crippen LogP contribution in [0.3, 0.4) is 0 Å². The lowest BCUT2D eigenvalue weighted by Gasteiger charge is -2.35. The predicted molar refractivity (Wildman–Crippen MR) is 93.4 cm³/mol. The van der Waals surface area contributed by atoms with Gasteiger partial charge in [-0.15, -0.1) is 0 Å². The van der Waals surface area contributed by atoms with Gasteiger partial charge in [0, 0.05) is 35.8 Å². The van der Waals surface area contributed by atoms with E-state index in [9.17, 15) is 14.7 Å². The van der Waals surface area contributed by atoms with Gasteiger partial charge in [0.25, 0.3) is 5.91 Å². The summed E-state index contributed by atoms with van der Waals surface area (Å²) in [5.74, 6) is -0.752. The summed E-state index contributed by atoms with van der Waals surface area (Å²) >= 11 is 0. The number of H-pyrrole nitrogens is 1. The standard InChI is InChI=1S/C19H21N3O4/c1-3-14-11(2)16(21-20-14)17(23)22-8-13-12-6-4-5-7-15(12)26-10-19(13,9-22)18(24)25/h4-7,13H,3,8-10H2,1-2H3,(H,20,21)(H,24,25)/t13-,19-/m1/s1. The molecule has 3 heterocycles. The Morgan fingerprint density at radius 3 is 2.88 bits per heavy atom. The molecule has 0 spiro atoms. The summed E-state index contributed by atoms with van der Waals surface area (Å²) in [6.07, 6.45) is 0.759. The summed E-state index contributed by atoms with van der Waals surface area (Å²) < 4.78 is 5.74. The Morgan fingerprint density at radius 1 is 1.42 bits per heavy atom. The van der Waals surface area contributed by atoms with Crippen LogP contribution >= 0.6 is 0 Å². The lowest BCUT2D eigenvalue weighted by Crippen LogP contribution is -2.46. The number of nitrogens with one attached hydrogen (secondary N) is 1. The molecule has 7 nitrogen and oxygen atoms in total. The van der Waals surface area contributed by atoms with Crippen molar-refractivity contribution in [3.63, 3.8) is 0 Å². The molecule has 2 aromatic rings. The number of hydrogen-bond acceptors (Lipinski definition) is 4. The second-order valence-electron chi connectivity index (χ2n) is 7.06. The van der Waals surface area contributed by atoms with Crippen LogP contribution in [0.5, 0.6) is 5.75 Å². The van der Waals surface area contributed by atoms with E-state index in [1.165, 1.54) is 0 Å². The number of aromatic nitrogens is 2. The zero-order valence-electron chi connectivity index (χ0n) is 14.8. The first-order chi connectivity index (χ1) is 12.5. The number of rotatable bonds is 3. The highest BCUT2D eigenvalue weighted by atomic mass is 16.5. The smallest absolute Gasteiger partial charge is 0.315 e. The fourth-order valence-electron chi connectivity index (χ4n) is 4.13. The van der Waals surface area contributed by atoms with Crippen LogP contribution in [0.25, 0.3) is 0 Å². The molecule has 0 radical (unpaired) electrons. The van der Waals surface area contributed by atoms with Gasteiger partial charge in [0.1, 0.15) is 17.8 Å². The topological polar surface area (TPSA) is 95.5 Å².